The van der Waals surface area contributed by atoms with Crippen molar-refractivity contribution >= 4 is 32.1 Å². The smallest absolute Gasteiger partial charge is 0.266 e. The summed E-state index contributed by atoms with van der Waals surface area (Å²) >= 11 is 0. The SMILES string of the molecule is CS(=O)(=O)OCOCCOCCOc1cnc2c(ccn2-c2ccc3ccccc3n2)c1. The summed E-state index contributed by atoms with van der Waals surface area (Å²) in [7, 11) is -3.49. The molecule has 0 N–H and O–H groups in total. The Morgan fingerprint density at radius 1 is 0.938 bits per heavy atom. The van der Waals surface area contributed by atoms with Crippen LogP contribution in [0.1, 0.15) is 0 Å². The predicted molar refractivity (Wildman–Crippen MR) is 119 cm³/mol. The standard InChI is InChI=1S/C22H23N3O6S/c1-32(26,27)31-16-29-11-10-28-12-13-30-19-14-18-8-9-25(22(18)23-15-19)21-7-6-17-4-2-3-5-20(17)24-21/h2-9,14-15H,10-13,16H2,1H3. The Morgan fingerprint density at radius 3 is 2.62 bits per heavy atom. The maximum atomic E-state index is 10.8. The van der Waals surface area contributed by atoms with Crippen LogP contribution < -0.4 is 4.74 Å². The summed E-state index contributed by atoms with van der Waals surface area (Å²) in [6, 6.07) is 15.9. The largest absolute Gasteiger partial charge is 0.490 e. The van der Waals surface area contributed by atoms with E-state index in [1.807, 2.05) is 59.3 Å². The minimum absolute atomic E-state index is 0.222. The quantitative estimate of drug-likeness (QED) is 0.192. The fourth-order valence-corrected chi connectivity index (χ4v) is 3.32. The average molecular weight is 458 g/mol. The van der Waals surface area contributed by atoms with Crippen LogP contribution >= 0.6 is 0 Å². The van der Waals surface area contributed by atoms with Crippen LogP contribution in [-0.4, -0.2) is 62.4 Å². The van der Waals surface area contributed by atoms with Gasteiger partial charge in [0, 0.05) is 17.0 Å². The second-order valence-electron chi connectivity index (χ2n) is 6.94. The number of aromatic nitrogens is 3. The molecule has 3 aromatic heterocycles. The minimum Gasteiger partial charge on any atom is -0.490 e. The molecule has 0 radical (unpaired) electrons. The molecule has 0 saturated carbocycles. The number of para-hydroxylation sites is 1. The lowest BCUT2D eigenvalue weighted by Gasteiger charge is -2.08. The normalized spacial score (nSPS) is 11.9. The summed E-state index contributed by atoms with van der Waals surface area (Å²) in [5, 5.41) is 2.03. The molecule has 0 saturated heterocycles. The number of ether oxygens (including phenoxy) is 3. The predicted octanol–water partition coefficient (Wildman–Crippen LogP) is 2.92. The summed E-state index contributed by atoms with van der Waals surface area (Å²) in [4.78, 5) is 9.27. The maximum Gasteiger partial charge on any atom is 0.266 e. The first-order chi connectivity index (χ1) is 15.5. The molecule has 4 aromatic rings. The van der Waals surface area contributed by atoms with Crippen molar-refractivity contribution in [1.29, 1.82) is 0 Å². The molecule has 0 aliphatic rings. The molecule has 0 spiro atoms. The Morgan fingerprint density at radius 2 is 1.75 bits per heavy atom. The van der Waals surface area contributed by atoms with Crippen LogP contribution in [0.25, 0.3) is 27.8 Å². The van der Waals surface area contributed by atoms with Gasteiger partial charge in [0.15, 0.2) is 6.79 Å². The lowest BCUT2D eigenvalue weighted by Crippen LogP contribution is -2.13. The van der Waals surface area contributed by atoms with Gasteiger partial charge < -0.3 is 14.2 Å². The number of pyridine rings is 2. The van der Waals surface area contributed by atoms with Gasteiger partial charge in [0.25, 0.3) is 10.1 Å². The van der Waals surface area contributed by atoms with E-state index in [0.717, 1.165) is 34.0 Å². The van der Waals surface area contributed by atoms with Gasteiger partial charge in [-0.15, -0.1) is 0 Å². The summed E-state index contributed by atoms with van der Waals surface area (Å²) in [5.41, 5.74) is 1.73. The lowest BCUT2D eigenvalue weighted by molar-refractivity contribution is -0.0172. The fraction of sp³-hybridized carbons (Fsp3) is 0.273. The van der Waals surface area contributed by atoms with Crippen molar-refractivity contribution in [2.45, 2.75) is 0 Å². The van der Waals surface area contributed by atoms with E-state index in [1.165, 1.54) is 0 Å². The Balaban J connectivity index is 1.27. The molecule has 0 aliphatic carbocycles. The van der Waals surface area contributed by atoms with Crippen molar-refractivity contribution in [3.63, 3.8) is 0 Å². The van der Waals surface area contributed by atoms with Crippen LogP contribution in [0.4, 0.5) is 0 Å². The first-order valence-corrected chi connectivity index (χ1v) is 11.8. The molecule has 0 aliphatic heterocycles. The van der Waals surface area contributed by atoms with Gasteiger partial charge in [-0.05, 0) is 30.3 Å². The van der Waals surface area contributed by atoms with E-state index >= 15 is 0 Å². The molecule has 168 valence electrons. The highest BCUT2D eigenvalue weighted by Crippen LogP contribution is 2.23. The van der Waals surface area contributed by atoms with Crippen LogP contribution in [-0.2, 0) is 23.8 Å². The van der Waals surface area contributed by atoms with Crippen molar-refractivity contribution in [3.8, 4) is 11.6 Å². The molecule has 3 heterocycles. The molecule has 1 aromatic carbocycles. The second kappa shape index (κ2) is 10.0. The minimum atomic E-state index is -3.49. The first-order valence-electron chi connectivity index (χ1n) is 9.95. The number of hydrogen-bond donors (Lipinski definition) is 0. The summed E-state index contributed by atoms with van der Waals surface area (Å²) < 4.78 is 44.1. The Bertz CT molecular complexity index is 1310. The van der Waals surface area contributed by atoms with Gasteiger partial charge >= 0.3 is 0 Å². The van der Waals surface area contributed by atoms with E-state index < -0.39 is 10.1 Å². The van der Waals surface area contributed by atoms with Gasteiger partial charge in [-0.1, -0.05) is 18.2 Å². The third-order valence-corrected chi connectivity index (χ3v) is 5.07. The van der Waals surface area contributed by atoms with Crippen LogP contribution in [0.2, 0.25) is 0 Å². The molecular formula is C22H23N3O6S. The van der Waals surface area contributed by atoms with Crippen molar-refractivity contribution in [1.82, 2.24) is 14.5 Å². The van der Waals surface area contributed by atoms with Crippen molar-refractivity contribution < 1.29 is 26.8 Å². The van der Waals surface area contributed by atoms with E-state index in [4.69, 9.17) is 19.2 Å². The van der Waals surface area contributed by atoms with Crippen LogP contribution in [0, 0.1) is 0 Å². The van der Waals surface area contributed by atoms with Gasteiger partial charge in [0.05, 0.1) is 37.8 Å². The molecule has 10 heteroatoms. The lowest BCUT2D eigenvalue weighted by atomic mass is 10.2. The van der Waals surface area contributed by atoms with Gasteiger partial charge in [-0.2, -0.15) is 8.42 Å². The molecule has 0 atom stereocenters. The molecule has 0 unspecified atom stereocenters. The van der Waals surface area contributed by atoms with Gasteiger partial charge in [-0.25, -0.2) is 14.2 Å². The zero-order chi connectivity index (χ0) is 22.4. The maximum absolute atomic E-state index is 10.8. The molecule has 4 rings (SSSR count). The van der Waals surface area contributed by atoms with Crippen molar-refractivity contribution in [2.24, 2.45) is 0 Å². The number of fused-ring (bicyclic) bond motifs is 2. The van der Waals surface area contributed by atoms with Crippen LogP contribution in [0.3, 0.4) is 0 Å². The third-order valence-electron chi connectivity index (χ3n) is 4.55. The highest BCUT2D eigenvalue weighted by molar-refractivity contribution is 7.85. The highest BCUT2D eigenvalue weighted by Gasteiger charge is 2.08. The Kier molecular flexibility index (Phi) is 6.96. The summed E-state index contributed by atoms with van der Waals surface area (Å²) in [6.45, 7) is 0.907. The topological polar surface area (TPSA) is 102 Å². The Labute approximate surface area is 185 Å². The molecule has 0 fully saturated rings. The number of hydrogen-bond acceptors (Lipinski definition) is 8. The van der Waals surface area contributed by atoms with Crippen molar-refractivity contribution in [2.75, 3.05) is 39.5 Å². The van der Waals surface area contributed by atoms with E-state index in [1.54, 1.807) is 6.20 Å². The van der Waals surface area contributed by atoms with E-state index in [9.17, 15) is 8.42 Å². The average Bonchev–Trinajstić information content (AvgIpc) is 3.20. The second-order valence-corrected chi connectivity index (χ2v) is 8.58. The fourth-order valence-electron chi connectivity index (χ4n) is 3.08. The van der Waals surface area contributed by atoms with Crippen molar-refractivity contribution in [3.05, 3.63) is 60.9 Å². The third kappa shape index (κ3) is 5.80. The summed E-state index contributed by atoms with van der Waals surface area (Å²) in [6.07, 6.45) is 4.58. The molecule has 0 amide bonds. The monoisotopic (exact) mass is 457 g/mol. The summed E-state index contributed by atoms with van der Waals surface area (Å²) in [5.74, 6) is 1.44. The van der Waals surface area contributed by atoms with E-state index in [-0.39, 0.29) is 13.4 Å². The number of benzene rings is 1. The molecule has 0 bridgehead atoms. The zero-order valence-corrected chi connectivity index (χ0v) is 18.3. The first kappa shape index (κ1) is 22.2. The van der Waals surface area contributed by atoms with E-state index in [0.29, 0.717) is 25.6 Å². The van der Waals surface area contributed by atoms with Crippen LogP contribution in [0.5, 0.6) is 5.75 Å². The van der Waals surface area contributed by atoms with Gasteiger partial charge in [0.1, 0.15) is 23.8 Å². The zero-order valence-electron chi connectivity index (χ0n) is 17.5. The van der Waals surface area contributed by atoms with E-state index in [2.05, 4.69) is 9.17 Å². The number of rotatable bonds is 11. The molecule has 32 heavy (non-hydrogen) atoms. The molecule has 9 nitrogen and oxygen atoms in total. The highest BCUT2D eigenvalue weighted by atomic mass is 32.2. The van der Waals surface area contributed by atoms with Gasteiger partial charge in [-0.3, -0.25) is 4.57 Å². The Hall–Kier alpha value is -3.05. The number of nitrogens with zero attached hydrogens (tertiary/aromatic N) is 3. The van der Waals surface area contributed by atoms with Crippen LogP contribution in [0.15, 0.2) is 60.9 Å². The molecular weight excluding hydrogens is 434 g/mol. The van der Waals surface area contributed by atoms with Gasteiger partial charge in [0.2, 0.25) is 0 Å².